The average molecular weight is 553 g/mol. The van der Waals surface area contributed by atoms with Crippen molar-refractivity contribution in [3.8, 4) is 11.1 Å². The summed E-state index contributed by atoms with van der Waals surface area (Å²) < 4.78 is 0. The highest BCUT2D eigenvalue weighted by molar-refractivity contribution is 5.87. The van der Waals surface area contributed by atoms with Crippen LogP contribution in [0.15, 0.2) is 156 Å². The van der Waals surface area contributed by atoms with E-state index in [2.05, 4.69) is 159 Å². The third-order valence-electron chi connectivity index (χ3n) is 8.64. The third-order valence-corrected chi connectivity index (χ3v) is 8.64. The maximum Gasteiger partial charge on any atom is 0.0713 e. The van der Waals surface area contributed by atoms with Gasteiger partial charge in [0.15, 0.2) is 0 Å². The van der Waals surface area contributed by atoms with Gasteiger partial charge in [-0.05, 0) is 93.7 Å². The maximum absolute atomic E-state index is 4.81. The lowest BCUT2D eigenvalue weighted by molar-refractivity contribution is 0.768. The Kier molecular flexibility index (Phi) is 6.89. The molecule has 206 valence electrons. The van der Waals surface area contributed by atoms with Crippen LogP contribution < -0.4 is 0 Å². The standard InChI is InChI=1S/C41H32N2/c1-29-11-3-5-13-31(29)27-42-35-23-19-33(20-24-35)41(39-17-9-7-15-37(39)38-16-8-10-18-40(38)41)34-21-25-36(26-22-34)43-28-32-14-6-4-12-30(32)2/h3-28H,1-2H3. The van der Waals surface area contributed by atoms with Crippen molar-refractivity contribution < 1.29 is 0 Å². The molecule has 0 fully saturated rings. The molecule has 0 spiro atoms. The Morgan fingerprint density at radius 2 is 0.791 bits per heavy atom. The fourth-order valence-corrected chi connectivity index (χ4v) is 6.37. The van der Waals surface area contributed by atoms with Crippen LogP contribution in [0.4, 0.5) is 11.4 Å². The molecule has 0 aromatic heterocycles. The van der Waals surface area contributed by atoms with E-state index in [9.17, 15) is 0 Å². The summed E-state index contributed by atoms with van der Waals surface area (Å²) in [6.45, 7) is 4.23. The molecule has 1 aliphatic rings. The van der Waals surface area contributed by atoms with Gasteiger partial charge in [-0.1, -0.05) is 121 Å². The first-order chi connectivity index (χ1) is 21.1. The van der Waals surface area contributed by atoms with Crippen LogP contribution in [0.5, 0.6) is 0 Å². The SMILES string of the molecule is Cc1ccccc1C=Nc1ccc(C2(c3ccc(N=Cc4ccccc4C)cc3)c3ccccc3-c3ccccc32)cc1. The van der Waals surface area contributed by atoms with Crippen LogP contribution in [-0.2, 0) is 5.41 Å². The number of hydrogen-bond donors (Lipinski definition) is 0. The van der Waals surface area contributed by atoms with E-state index in [0.29, 0.717) is 0 Å². The molecule has 2 nitrogen and oxygen atoms in total. The second-order valence-electron chi connectivity index (χ2n) is 11.2. The van der Waals surface area contributed by atoms with Crippen molar-refractivity contribution in [3.05, 3.63) is 190 Å². The summed E-state index contributed by atoms with van der Waals surface area (Å²) in [6, 6.07) is 51.8. The minimum Gasteiger partial charge on any atom is -0.256 e. The van der Waals surface area contributed by atoms with E-state index in [1.807, 2.05) is 12.4 Å². The third kappa shape index (κ3) is 4.71. The van der Waals surface area contributed by atoms with E-state index in [4.69, 9.17) is 9.98 Å². The second kappa shape index (κ2) is 11.2. The Bertz CT molecular complexity index is 1830. The lowest BCUT2D eigenvalue weighted by Crippen LogP contribution is -2.28. The van der Waals surface area contributed by atoms with Gasteiger partial charge in [-0.15, -0.1) is 0 Å². The highest BCUT2D eigenvalue weighted by Crippen LogP contribution is 2.56. The van der Waals surface area contributed by atoms with Crippen molar-refractivity contribution in [2.75, 3.05) is 0 Å². The number of nitrogens with zero attached hydrogens (tertiary/aromatic N) is 2. The molecule has 7 rings (SSSR count). The number of fused-ring (bicyclic) bond motifs is 3. The zero-order chi connectivity index (χ0) is 29.2. The molecular weight excluding hydrogens is 520 g/mol. The van der Waals surface area contributed by atoms with Crippen LogP contribution in [0.3, 0.4) is 0 Å². The lowest BCUT2D eigenvalue weighted by Gasteiger charge is -2.34. The molecule has 0 saturated carbocycles. The molecule has 6 aromatic carbocycles. The van der Waals surface area contributed by atoms with Gasteiger partial charge in [0.2, 0.25) is 0 Å². The molecule has 6 aromatic rings. The highest BCUT2D eigenvalue weighted by atomic mass is 14.7. The summed E-state index contributed by atoms with van der Waals surface area (Å²) in [4.78, 5) is 9.62. The van der Waals surface area contributed by atoms with E-state index < -0.39 is 5.41 Å². The second-order valence-corrected chi connectivity index (χ2v) is 11.2. The number of rotatable bonds is 6. The first-order valence-corrected chi connectivity index (χ1v) is 14.7. The van der Waals surface area contributed by atoms with Crippen molar-refractivity contribution in [2.45, 2.75) is 19.3 Å². The molecule has 0 saturated heterocycles. The molecule has 0 amide bonds. The molecule has 1 aliphatic carbocycles. The summed E-state index contributed by atoms with van der Waals surface area (Å²) >= 11 is 0. The van der Waals surface area contributed by atoms with Crippen molar-refractivity contribution in [2.24, 2.45) is 9.98 Å². The van der Waals surface area contributed by atoms with Gasteiger partial charge in [0.25, 0.3) is 0 Å². The Balaban J connectivity index is 1.33. The first kappa shape index (κ1) is 26.6. The molecule has 0 atom stereocenters. The van der Waals surface area contributed by atoms with E-state index in [0.717, 1.165) is 22.5 Å². The Morgan fingerprint density at radius 1 is 0.419 bits per heavy atom. The van der Waals surface area contributed by atoms with E-state index in [-0.39, 0.29) is 0 Å². The summed E-state index contributed by atoms with van der Waals surface area (Å²) in [5.41, 5.74) is 13.7. The lowest BCUT2D eigenvalue weighted by atomic mass is 9.67. The van der Waals surface area contributed by atoms with Crippen molar-refractivity contribution in [1.29, 1.82) is 0 Å². The monoisotopic (exact) mass is 552 g/mol. The predicted octanol–water partition coefficient (Wildman–Crippen LogP) is 10.2. The van der Waals surface area contributed by atoms with Gasteiger partial charge in [-0.25, -0.2) is 0 Å². The average Bonchev–Trinajstić information content (AvgIpc) is 3.36. The van der Waals surface area contributed by atoms with Gasteiger partial charge in [-0.3, -0.25) is 9.98 Å². The number of aryl methyl sites for hydroxylation is 2. The highest BCUT2D eigenvalue weighted by Gasteiger charge is 2.45. The van der Waals surface area contributed by atoms with Crippen molar-refractivity contribution in [1.82, 2.24) is 0 Å². The predicted molar refractivity (Wildman–Crippen MR) is 181 cm³/mol. The van der Waals surface area contributed by atoms with Crippen LogP contribution in [-0.4, -0.2) is 12.4 Å². The zero-order valence-electron chi connectivity index (χ0n) is 24.4. The molecule has 2 heteroatoms. The fourth-order valence-electron chi connectivity index (χ4n) is 6.37. The Labute approximate surface area is 253 Å². The van der Waals surface area contributed by atoms with Gasteiger partial charge in [0.1, 0.15) is 0 Å². The largest absolute Gasteiger partial charge is 0.256 e. The molecule has 0 radical (unpaired) electrons. The maximum atomic E-state index is 4.81. The van der Waals surface area contributed by atoms with Crippen LogP contribution in [0.2, 0.25) is 0 Å². The van der Waals surface area contributed by atoms with Crippen LogP contribution >= 0.6 is 0 Å². The van der Waals surface area contributed by atoms with Crippen molar-refractivity contribution in [3.63, 3.8) is 0 Å². The van der Waals surface area contributed by atoms with Crippen LogP contribution in [0.25, 0.3) is 11.1 Å². The van der Waals surface area contributed by atoms with Gasteiger partial charge >= 0.3 is 0 Å². The smallest absolute Gasteiger partial charge is 0.0713 e. The summed E-state index contributed by atoms with van der Waals surface area (Å²) in [6.07, 6.45) is 3.91. The number of benzene rings is 6. The molecule has 0 bridgehead atoms. The minimum atomic E-state index is -0.455. The van der Waals surface area contributed by atoms with E-state index in [1.165, 1.54) is 44.5 Å². The fraction of sp³-hybridized carbons (Fsp3) is 0.0732. The molecular formula is C41H32N2. The molecule has 0 heterocycles. The van der Waals surface area contributed by atoms with Gasteiger partial charge in [0, 0.05) is 12.4 Å². The van der Waals surface area contributed by atoms with Gasteiger partial charge < -0.3 is 0 Å². The topological polar surface area (TPSA) is 24.7 Å². The Morgan fingerprint density at radius 3 is 1.21 bits per heavy atom. The Hall–Kier alpha value is -5.34. The van der Waals surface area contributed by atoms with Gasteiger partial charge in [0.05, 0.1) is 16.8 Å². The van der Waals surface area contributed by atoms with Gasteiger partial charge in [-0.2, -0.15) is 0 Å². The summed E-state index contributed by atoms with van der Waals surface area (Å²) in [5, 5.41) is 0. The summed E-state index contributed by atoms with van der Waals surface area (Å²) in [7, 11) is 0. The zero-order valence-corrected chi connectivity index (χ0v) is 24.4. The van der Waals surface area contributed by atoms with E-state index in [1.54, 1.807) is 0 Å². The molecule has 43 heavy (non-hydrogen) atoms. The summed E-state index contributed by atoms with van der Waals surface area (Å²) in [5.74, 6) is 0. The van der Waals surface area contributed by atoms with Crippen LogP contribution in [0.1, 0.15) is 44.5 Å². The van der Waals surface area contributed by atoms with Crippen LogP contribution in [0, 0.1) is 13.8 Å². The molecule has 0 aliphatic heterocycles. The molecule has 0 N–H and O–H groups in total. The molecule has 0 unspecified atom stereocenters. The van der Waals surface area contributed by atoms with Crippen molar-refractivity contribution >= 4 is 23.8 Å². The quantitative estimate of drug-likeness (QED) is 0.183. The first-order valence-electron chi connectivity index (χ1n) is 14.7. The van der Waals surface area contributed by atoms with E-state index >= 15 is 0 Å². The number of aliphatic imine (C=N–C) groups is 2. The normalized spacial score (nSPS) is 13.3. The minimum absolute atomic E-state index is 0.455. The number of hydrogen-bond acceptors (Lipinski definition) is 2.